The van der Waals surface area contributed by atoms with Gasteiger partial charge in [-0.3, -0.25) is 0 Å². The van der Waals surface area contributed by atoms with Crippen LogP contribution in [-0.4, -0.2) is 6.18 Å². The van der Waals surface area contributed by atoms with Crippen LogP contribution in [-0.2, 0) is 5.92 Å². The highest BCUT2D eigenvalue weighted by atomic mass is 19.4. The standard InChI is InChI=1S/C9H6F6/c1-5-4-6(2-3-7(5)10)8(11,12)9(13,14)15/h2-4H,1H3. The Morgan fingerprint density at radius 2 is 1.53 bits per heavy atom. The zero-order valence-electron chi connectivity index (χ0n) is 7.50. The lowest BCUT2D eigenvalue weighted by Gasteiger charge is -2.20. The van der Waals surface area contributed by atoms with Gasteiger partial charge in [0.25, 0.3) is 0 Å². The van der Waals surface area contributed by atoms with E-state index in [9.17, 15) is 26.3 Å². The maximum Gasteiger partial charge on any atom is 0.458 e. The fourth-order valence-electron chi connectivity index (χ4n) is 1.00. The lowest BCUT2D eigenvalue weighted by Crippen LogP contribution is -2.33. The monoisotopic (exact) mass is 228 g/mol. The molecule has 0 aliphatic carbocycles. The van der Waals surface area contributed by atoms with Gasteiger partial charge in [-0.05, 0) is 30.7 Å². The molecular weight excluding hydrogens is 222 g/mol. The van der Waals surface area contributed by atoms with Gasteiger partial charge in [0.1, 0.15) is 5.82 Å². The van der Waals surface area contributed by atoms with E-state index in [0.717, 1.165) is 6.92 Å². The summed E-state index contributed by atoms with van der Waals surface area (Å²) in [6, 6.07) is 1.50. The van der Waals surface area contributed by atoms with Gasteiger partial charge in [-0.2, -0.15) is 22.0 Å². The Hall–Kier alpha value is -1.20. The van der Waals surface area contributed by atoms with Crippen molar-refractivity contribution in [1.29, 1.82) is 0 Å². The summed E-state index contributed by atoms with van der Waals surface area (Å²) in [6.45, 7) is 1.12. The van der Waals surface area contributed by atoms with E-state index in [-0.39, 0.29) is 5.56 Å². The second-order valence-electron chi connectivity index (χ2n) is 3.04. The highest BCUT2D eigenvalue weighted by Gasteiger charge is 2.58. The van der Waals surface area contributed by atoms with Crippen molar-refractivity contribution in [2.45, 2.75) is 19.0 Å². The maximum atomic E-state index is 12.7. The van der Waals surface area contributed by atoms with Gasteiger partial charge >= 0.3 is 12.1 Å². The lowest BCUT2D eigenvalue weighted by molar-refractivity contribution is -0.289. The molecule has 0 radical (unpaired) electrons. The number of hydrogen-bond donors (Lipinski definition) is 0. The highest BCUT2D eigenvalue weighted by molar-refractivity contribution is 5.28. The first-order valence-electron chi connectivity index (χ1n) is 3.87. The van der Waals surface area contributed by atoms with E-state index < -0.39 is 23.5 Å². The van der Waals surface area contributed by atoms with Crippen molar-refractivity contribution in [3.63, 3.8) is 0 Å². The summed E-state index contributed by atoms with van der Waals surface area (Å²) in [5, 5.41) is 0. The minimum atomic E-state index is -5.67. The summed E-state index contributed by atoms with van der Waals surface area (Å²) in [5.74, 6) is -5.78. The number of rotatable bonds is 1. The Bertz CT molecular complexity index is 365. The molecule has 0 nitrogen and oxygen atoms in total. The van der Waals surface area contributed by atoms with Gasteiger partial charge in [0.15, 0.2) is 0 Å². The second kappa shape index (κ2) is 3.43. The molecule has 0 heterocycles. The minimum Gasteiger partial charge on any atom is -0.207 e. The molecule has 84 valence electrons. The summed E-state index contributed by atoms with van der Waals surface area (Å²) < 4.78 is 73.8. The molecule has 0 aromatic heterocycles. The van der Waals surface area contributed by atoms with E-state index in [1.165, 1.54) is 0 Å². The van der Waals surface area contributed by atoms with Gasteiger partial charge in [-0.1, -0.05) is 0 Å². The number of halogens is 6. The Balaban J connectivity index is 3.22. The van der Waals surface area contributed by atoms with Gasteiger partial charge in [0.2, 0.25) is 0 Å². The molecule has 0 saturated carbocycles. The second-order valence-corrected chi connectivity index (χ2v) is 3.04. The van der Waals surface area contributed by atoms with Crippen molar-refractivity contribution in [2.24, 2.45) is 0 Å². The van der Waals surface area contributed by atoms with E-state index in [1.54, 1.807) is 0 Å². The maximum absolute atomic E-state index is 12.7. The van der Waals surface area contributed by atoms with Gasteiger partial charge in [-0.15, -0.1) is 0 Å². The molecule has 0 N–H and O–H groups in total. The Kier molecular flexibility index (Phi) is 2.71. The topological polar surface area (TPSA) is 0 Å². The number of hydrogen-bond acceptors (Lipinski definition) is 0. The van der Waals surface area contributed by atoms with E-state index >= 15 is 0 Å². The summed E-state index contributed by atoms with van der Waals surface area (Å²) in [5.41, 5.74) is -1.51. The summed E-state index contributed by atoms with van der Waals surface area (Å²) in [4.78, 5) is 0. The van der Waals surface area contributed by atoms with Crippen LogP contribution in [0.5, 0.6) is 0 Å². The van der Waals surface area contributed by atoms with Crippen molar-refractivity contribution in [2.75, 3.05) is 0 Å². The zero-order valence-corrected chi connectivity index (χ0v) is 7.50. The molecule has 1 rings (SSSR count). The Morgan fingerprint density at radius 1 is 1.00 bits per heavy atom. The quantitative estimate of drug-likeness (QED) is 0.641. The van der Waals surface area contributed by atoms with Crippen LogP contribution in [0.2, 0.25) is 0 Å². The zero-order chi connectivity index (χ0) is 11.9. The van der Waals surface area contributed by atoms with Crippen LogP contribution in [0.1, 0.15) is 11.1 Å². The van der Waals surface area contributed by atoms with Crippen molar-refractivity contribution >= 4 is 0 Å². The Labute approximate surface area is 81.5 Å². The van der Waals surface area contributed by atoms with Gasteiger partial charge in [0, 0.05) is 5.56 Å². The first-order chi connectivity index (χ1) is 6.66. The fraction of sp³-hybridized carbons (Fsp3) is 0.333. The SMILES string of the molecule is Cc1cc(C(F)(F)C(F)(F)F)ccc1F. The molecule has 0 spiro atoms. The average Bonchev–Trinajstić information content (AvgIpc) is 2.07. The minimum absolute atomic E-state index is 0.253. The van der Waals surface area contributed by atoms with Crippen molar-refractivity contribution in [3.05, 3.63) is 35.1 Å². The number of benzene rings is 1. The predicted octanol–water partition coefficient (Wildman–Crippen LogP) is 3.79. The first-order valence-corrected chi connectivity index (χ1v) is 3.87. The summed E-state index contributed by atoms with van der Waals surface area (Å²) in [6.07, 6.45) is -5.67. The van der Waals surface area contributed by atoms with Crippen LogP contribution in [0.3, 0.4) is 0 Å². The van der Waals surface area contributed by atoms with Crippen molar-refractivity contribution < 1.29 is 26.3 Å². The van der Waals surface area contributed by atoms with Gasteiger partial charge in [-0.25, -0.2) is 4.39 Å². The third-order valence-electron chi connectivity index (χ3n) is 1.88. The van der Waals surface area contributed by atoms with Gasteiger partial charge in [0.05, 0.1) is 0 Å². The van der Waals surface area contributed by atoms with E-state index in [4.69, 9.17) is 0 Å². The predicted molar refractivity (Wildman–Crippen MR) is 41.1 cm³/mol. The third-order valence-corrected chi connectivity index (χ3v) is 1.88. The van der Waals surface area contributed by atoms with Crippen LogP contribution in [0, 0.1) is 12.7 Å². The molecule has 15 heavy (non-hydrogen) atoms. The lowest BCUT2D eigenvalue weighted by atomic mass is 10.1. The third kappa shape index (κ3) is 2.08. The summed E-state index contributed by atoms with van der Waals surface area (Å²) in [7, 11) is 0. The fourth-order valence-corrected chi connectivity index (χ4v) is 1.00. The van der Waals surface area contributed by atoms with E-state index in [0.29, 0.717) is 18.2 Å². The first kappa shape index (κ1) is 11.9. The number of aryl methyl sites for hydroxylation is 1. The number of alkyl halides is 5. The molecule has 0 bridgehead atoms. The molecule has 0 fully saturated rings. The molecule has 0 aliphatic rings. The molecule has 0 atom stereocenters. The van der Waals surface area contributed by atoms with Crippen LogP contribution in [0.15, 0.2) is 18.2 Å². The molecule has 0 aliphatic heterocycles. The largest absolute Gasteiger partial charge is 0.458 e. The average molecular weight is 228 g/mol. The van der Waals surface area contributed by atoms with Crippen molar-refractivity contribution in [1.82, 2.24) is 0 Å². The molecule has 0 saturated heterocycles. The summed E-state index contributed by atoms with van der Waals surface area (Å²) >= 11 is 0. The molecule has 0 unspecified atom stereocenters. The van der Waals surface area contributed by atoms with Crippen LogP contribution in [0.4, 0.5) is 26.3 Å². The van der Waals surface area contributed by atoms with Crippen LogP contribution < -0.4 is 0 Å². The molecule has 0 amide bonds. The van der Waals surface area contributed by atoms with Crippen LogP contribution in [0.25, 0.3) is 0 Å². The molecule has 1 aromatic rings. The Morgan fingerprint density at radius 3 is 1.93 bits per heavy atom. The van der Waals surface area contributed by atoms with Gasteiger partial charge < -0.3 is 0 Å². The van der Waals surface area contributed by atoms with E-state index in [2.05, 4.69) is 0 Å². The molecule has 1 aromatic carbocycles. The smallest absolute Gasteiger partial charge is 0.207 e. The van der Waals surface area contributed by atoms with Crippen LogP contribution >= 0.6 is 0 Å². The normalized spacial score (nSPS) is 13.0. The highest BCUT2D eigenvalue weighted by Crippen LogP contribution is 2.43. The van der Waals surface area contributed by atoms with E-state index in [1.807, 2.05) is 0 Å². The molecule has 6 heteroatoms. The molecular formula is C9H6F6. The van der Waals surface area contributed by atoms with Crippen molar-refractivity contribution in [3.8, 4) is 0 Å².